The molecule has 5 rings (SSSR count). The third kappa shape index (κ3) is 3.09. The molecule has 154 valence electrons. The van der Waals surface area contributed by atoms with E-state index >= 15 is 0 Å². The van der Waals surface area contributed by atoms with Gasteiger partial charge in [0.1, 0.15) is 4.70 Å². The minimum atomic E-state index is -0.609. The smallest absolute Gasteiger partial charge is 0.333 e. The minimum absolute atomic E-state index is 0.0251. The number of nitrogens with one attached hydrogen (secondary N) is 1. The van der Waals surface area contributed by atoms with E-state index in [0.717, 1.165) is 22.0 Å². The molecule has 0 saturated carbocycles. The second kappa shape index (κ2) is 7.29. The van der Waals surface area contributed by atoms with Gasteiger partial charge < -0.3 is 9.72 Å². The molecule has 5 aromatic rings. The summed E-state index contributed by atoms with van der Waals surface area (Å²) in [7, 11) is 1.35. The van der Waals surface area contributed by atoms with Gasteiger partial charge in [0.05, 0.1) is 41.2 Å². The van der Waals surface area contributed by atoms with Gasteiger partial charge in [-0.2, -0.15) is 0 Å². The zero-order valence-corrected chi connectivity index (χ0v) is 17.4. The van der Waals surface area contributed by atoms with E-state index in [4.69, 9.17) is 16.3 Å². The zero-order valence-electron chi connectivity index (χ0n) is 15.8. The third-order valence-corrected chi connectivity index (χ3v) is 6.30. The van der Waals surface area contributed by atoms with E-state index in [1.807, 2.05) is 0 Å². The van der Waals surface area contributed by atoms with Crippen LogP contribution in [0.4, 0.5) is 4.39 Å². The Morgan fingerprint density at radius 3 is 2.87 bits per heavy atom. The van der Waals surface area contributed by atoms with Crippen LogP contribution in [0.15, 0.2) is 58.5 Å². The SMILES string of the molecule is COc1cc(-c2cc3[nH]c(=O)n(-c4cncc5ncccc45)c(=O)c3s2)c(Cl)cc1F. The van der Waals surface area contributed by atoms with Crippen LogP contribution in [0.1, 0.15) is 0 Å². The summed E-state index contributed by atoms with van der Waals surface area (Å²) in [5.74, 6) is -0.567. The Bertz CT molecular complexity index is 1600. The lowest BCUT2D eigenvalue weighted by atomic mass is 10.1. The van der Waals surface area contributed by atoms with Gasteiger partial charge in [0.25, 0.3) is 5.56 Å². The van der Waals surface area contributed by atoms with Crippen LogP contribution in [0.25, 0.3) is 37.2 Å². The molecule has 0 unspecified atom stereocenters. The Balaban J connectivity index is 1.77. The number of pyridine rings is 2. The minimum Gasteiger partial charge on any atom is -0.494 e. The molecule has 1 aromatic carbocycles. The lowest BCUT2D eigenvalue weighted by Crippen LogP contribution is -2.33. The van der Waals surface area contributed by atoms with Crippen molar-refractivity contribution in [2.24, 2.45) is 0 Å². The maximum atomic E-state index is 13.9. The molecule has 31 heavy (non-hydrogen) atoms. The number of halogens is 2. The average molecular weight is 455 g/mol. The van der Waals surface area contributed by atoms with Crippen molar-refractivity contribution < 1.29 is 9.13 Å². The van der Waals surface area contributed by atoms with Crippen LogP contribution in [-0.4, -0.2) is 26.6 Å². The van der Waals surface area contributed by atoms with Crippen molar-refractivity contribution in [3.05, 3.63) is 80.6 Å². The monoisotopic (exact) mass is 454 g/mol. The van der Waals surface area contributed by atoms with Crippen LogP contribution in [-0.2, 0) is 0 Å². The summed E-state index contributed by atoms with van der Waals surface area (Å²) in [6.07, 6.45) is 4.61. The summed E-state index contributed by atoms with van der Waals surface area (Å²) in [4.78, 5) is 37.8. The van der Waals surface area contributed by atoms with Gasteiger partial charge in [-0.1, -0.05) is 11.6 Å². The Labute approximate surface area is 182 Å². The van der Waals surface area contributed by atoms with Crippen LogP contribution in [0, 0.1) is 5.82 Å². The van der Waals surface area contributed by atoms with Gasteiger partial charge in [0.2, 0.25) is 0 Å². The van der Waals surface area contributed by atoms with Gasteiger partial charge in [-0.3, -0.25) is 14.8 Å². The predicted octanol–water partition coefficient (Wildman–Crippen LogP) is 4.15. The zero-order chi connectivity index (χ0) is 21.7. The normalized spacial score (nSPS) is 11.3. The summed E-state index contributed by atoms with van der Waals surface area (Å²) in [6.45, 7) is 0. The van der Waals surface area contributed by atoms with Gasteiger partial charge in [-0.15, -0.1) is 11.3 Å². The fourth-order valence-electron chi connectivity index (χ4n) is 3.40. The number of ether oxygens (including phenoxy) is 1. The summed E-state index contributed by atoms with van der Waals surface area (Å²) in [6, 6.07) is 7.72. The maximum Gasteiger partial charge on any atom is 0.333 e. The number of aromatic nitrogens is 4. The molecule has 0 spiro atoms. The van der Waals surface area contributed by atoms with Crippen molar-refractivity contribution in [1.29, 1.82) is 0 Å². The molecule has 0 saturated heterocycles. The molecule has 4 heterocycles. The lowest BCUT2D eigenvalue weighted by Gasteiger charge is -2.07. The van der Waals surface area contributed by atoms with Crippen LogP contribution in [0.5, 0.6) is 5.75 Å². The number of nitrogens with zero attached hydrogens (tertiary/aromatic N) is 3. The number of hydrogen-bond donors (Lipinski definition) is 1. The Morgan fingerprint density at radius 2 is 2.06 bits per heavy atom. The van der Waals surface area contributed by atoms with Gasteiger partial charge in [0, 0.05) is 22.0 Å². The molecule has 0 amide bonds. The Morgan fingerprint density at radius 1 is 1.23 bits per heavy atom. The van der Waals surface area contributed by atoms with Crippen LogP contribution >= 0.6 is 22.9 Å². The number of fused-ring (bicyclic) bond motifs is 2. The van der Waals surface area contributed by atoms with Crippen molar-refractivity contribution in [1.82, 2.24) is 19.5 Å². The Hall–Kier alpha value is -3.56. The highest BCUT2D eigenvalue weighted by Crippen LogP contribution is 2.38. The largest absolute Gasteiger partial charge is 0.494 e. The van der Waals surface area contributed by atoms with E-state index in [-0.39, 0.29) is 10.8 Å². The van der Waals surface area contributed by atoms with Gasteiger partial charge in [-0.25, -0.2) is 13.8 Å². The molecule has 0 fully saturated rings. The van der Waals surface area contributed by atoms with E-state index in [2.05, 4.69) is 15.0 Å². The summed E-state index contributed by atoms with van der Waals surface area (Å²) in [5, 5.41) is 0.782. The molecule has 0 aliphatic heterocycles. The average Bonchev–Trinajstić information content (AvgIpc) is 3.18. The first kappa shape index (κ1) is 19.4. The number of methoxy groups -OCH3 is 1. The number of H-pyrrole nitrogens is 1. The number of aromatic amines is 1. The van der Waals surface area contributed by atoms with E-state index in [1.165, 1.54) is 19.4 Å². The molecule has 0 aliphatic rings. The van der Waals surface area contributed by atoms with E-state index in [0.29, 0.717) is 37.2 Å². The van der Waals surface area contributed by atoms with Crippen molar-refractivity contribution in [3.63, 3.8) is 0 Å². The number of hydrogen-bond acceptors (Lipinski definition) is 6. The van der Waals surface area contributed by atoms with E-state index in [1.54, 1.807) is 30.6 Å². The molecule has 0 aliphatic carbocycles. The molecule has 0 atom stereocenters. The molecule has 7 nitrogen and oxygen atoms in total. The second-order valence-electron chi connectivity index (χ2n) is 6.62. The summed E-state index contributed by atoms with van der Waals surface area (Å²) in [5.41, 5.74) is 0.626. The summed E-state index contributed by atoms with van der Waals surface area (Å²) >= 11 is 7.36. The van der Waals surface area contributed by atoms with Gasteiger partial charge in [-0.05, 0) is 30.3 Å². The second-order valence-corrected chi connectivity index (χ2v) is 8.08. The topological polar surface area (TPSA) is 89.9 Å². The van der Waals surface area contributed by atoms with Crippen molar-refractivity contribution in [3.8, 4) is 21.9 Å². The first-order valence-electron chi connectivity index (χ1n) is 8.99. The third-order valence-electron chi connectivity index (χ3n) is 4.83. The number of benzene rings is 1. The Kier molecular flexibility index (Phi) is 4.57. The molecule has 10 heteroatoms. The van der Waals surface area contributed by atoms with Crippen LogP contribution < -0.4 is 16.0 Å². The fraction of sp³-hybridized carbons (Fsp3) is 0.0476. The molecule has 0 radical (unpaired) electrons. The highest BCUT2D eigenvalue weighted by Gasteiger charge is 2.18. The summed E-state index contributed by atoms with van der Waals surface area (Å²) < 4.78 is 20.3. The fourth-order valence-corrected chi connectivity index (χ4v) is 4.78. The molecular weight excluding hydrogens is 443 g/mol. The van der Waals surface area contributed by atoms with Gasteiger partial charge >= 0.3 is 5.69 Å². The molecule has 0 bridgehead atoms. The van der Waals surface area contributed by atoms with Crippen molar-refractivity contribution in [2.45, 2.75) is 0 Å². The predicted molar refractivity (Wildman–Crippen MR) is 118 cm³/mol. The highest BCUT2D eigenvalue weighted by molar-refractivity contribution is 7.22. The van der Waals surface area contributed by atoms with E-state index in [9.17, 15) is 14.0 Å². The quantitative estimate of drug-likeness (QED) is 0.442. The first-order valence-corrected chi connectivity index (χ1v) is 10.2. The standard InChI is InChI=1S/C21H12ClFN4O3S/c1-30-17-5-11(12(22)6-13(17)23)18-7-14-19(31-18)20(28)27(21(29)26-14)16-9-24-8-15-10(16)3-2-4-25-15/h2-9H,1H3,(H,26,29). The van der Waals surface area contributed by atoms with Crippen LogP contribution in [0.3, 0.4) is 0 Å². The van der Waals surface area contributed by atoms with Crippen LogP contribution in [0.2, 0.25) is 5.02 Å². The number of thiophene rings is 1. The number of rotatable bonds is 3. The first-order chi connectivity index (χ1) is 15.0. The molecule has 4 aromatic heterocycles. The molecule has 1 N–H and O–H groups in total. The van der Waals surface area contributed by atoms with Crippen molar-refractivity contribution in [2.75, 3.05) is 7.11 Å². The maximum absolute atomic E-state index is 13.9. The molecular formula is C21H12ClFN4O3S. The van der Waals surface area contributed by atoms with E-state index < -0.39 is 17.1 Å². The van der Waals surface area contributed by atoms with Crippen molar-refractivity contribution >= 4 is 44.1 Å². The van der Waals surface area contributed by atoms with Gasteiger partial charge in [0.15, 0.2) is 11.6 Å². The lowest BCUT2D eigenvalue weighted by molar-refractivity contribution is 0.387. The highest BCUT2D eigenvalue weighted by atomic mass is 35.5.